The molecule has 0 aliphatic carbocycles. The number of benzene rings is 1. The molecule has 0 atom stereocenters. The van der Waals surface area contributed by atoms with Crippen LogP contribution in [-0.2, 0) is 27.4 Å². The summed E-state index contributed by atoms with van der Waals surface area (Å²) in [6.07, 6.45) is 1.71. The van der Waals surface area contributed by atoms with Crippen LogP contribution >= 0.6 is 23.1 Å². The van der Waals surface area contributed by atoms with E-state index >= 15 is 0 Å². The van der Waals surface area contributed by atoms with Gasteiger partial charge in [0.25, 0.3) is 0 Å². The van der Waals surface area contributed by atoms with Crippen LogP contribution in [0.4, 0.5) is 5.00 Å². The molecule has 0 unspecified atom stereocenters. The van der Waals surface area contributed by atoms with Gasteiger partial charge in [0.05, 0.1) is 25.5 Å². The molecule has 0 saturated heterocycles. The van der Waals surface area contributed by atoms with E-state index in [4.69, 9.17) is 14.2 Å². The normalized spacial score (nSPS) is 10.6. The highest BCUT2D eigenvalue weighted by Gasteiger charge is 2.27. The fourth-order valence-electron chi connectivity index (χ4n) is 3.40. The van der Waals surface area contributed by atoms with Crippen LogP contribution in [0.1, 0.15) is 42.5 Å². The molecule has 0 fully saturated rings. The first-order chi connectivity index (χ1) is 17.7. The molecule has 0 radical (unpaired) electrons. The molecule has 10 nitrogen and oxygen atoms in total. The smallest absolute Gasteiger partial charge is 0.348 e. The minimum atomic E-state index is -0.661. The highest BCUT2D eigenvalue weighted by Crippen LogP contribution is 2.34. The topological polar surface area (TPSA) is 122 Å². The first kappa shape index (κ1) is 27.9. The molecule has 196 valence electrons. The number of nitrogens with zero attached hydrogens (tertiary/aromatic N) is 3. The maximum atomic E-state index is 12.8. The molecule has 0 bridgehead atoms. The first-order valence-electron chi connectivity index (χ1n) is 11.2. The molecule has 1 N–H and O–H groups in total. The number of methoxy groups -OCH3 is 2. The average Bonchev–Trinajstić information content (AvgIpc) is 3.42. The van der Waals surface area contributed by atoms with Gasteiger partial charge in [-0.15, -0.1) is 28.1 Å². The van der Waals surface area contributed by atoms with E-state index in [0.717, 1.165) is 28.2 Å². The predicted molar refractivity (Wildman–Crippen MR) is 142 cm³/mol. The summed E-state index contributed by atoms with van der Waals surface area (Å²) < 4.78 is 17.4. The van der Waals surface area contributed by atoms with Gasteiger partial charge in [0, 0.05) is 6.54 Å². The van der Waals surface area contributed by atoms with Crippen LogP contribution in [0.25, 0.3) is 0 Å². The number of thioether (sulfide) groups is 1. The van der Waals surface area contributed by atoms with Crippen molar-refractivity contribution in [1.82, 2.24) is 14.8 Å². The van der Waals surface area contributed by atoms with Crippen LogP contribution in [0.15, 0.2) is 36.0 Å². The number of thiophene rings is 1. The standard InChI is InChI=1S/C25H28N4O6S2/c1-7-11-29-18(12-35-17-10-8-9-14(2)15(17)3)27-28-25(29)36-13-19(30)26-22-20(23(31)33-5)16(4)21(37-22)24(32)34-6/h7-10H,1,11-13H2,2-6H3,(H,26,30). The number of anilines is 1. The van der Waals surface area contributed by atoms with Gasteiger partial charge in [-0.3, -0.25) is 9.36 Å². The number of ether oxygens (including phenoxy) is 3. The zero-order valence-corrected chi connectivity index (χ0v) is 22.9. The highest BCUT2D eigenvalue weighted by molar-refractivity contribution is 7.99. The zero-order chi connectivity index (χ0) is 27.1. The fourth-order valence-corrected chi connectivity index (χ4v) is 5.29. The van der Waals surface area contributed by atoms with Gasteiger partial charge in [0.15, 0.2) is 11.0 Å². The van der Waals surface area contributed by atoms with E-state index in [2.05, 4.69) is 22.1 Å². The van der Waals surface area contributed by atoms with Crippen molar-refractivity contribution in [3.63, 3.8) is 0 Å². The Hall–Kier alpha value is -3.64. The van der Waals surface area contributed by atoms with E-state index in [0.29, 0.717) is 23.1 Å². The van der Waals surface area contributed by atoms with Crippen molar-refractivity contribution in [2.75, 3.05) is 25.3 Å². The second-order valence-corrected chi connectivity index (χ2v) is 9.83. The largest absolute Gasteiger partial charge is 0.485 e. The second kappa shape index (κ2) is 12.5. The molecule has 0 aliphatic rings. The molecular formula is C25H28N4O6S2. The van der Waals surface area contributed by atoms with Crippen LogP contribution in [0.3, 0.4) is 0 Å². The van der Waals surface area contributed by atoms with Crippen molar-refractivity contribution in [2.45, 2.75) is 39.1 Å². The van der Waals surface area contributed by atoms with Crippen LogP contribution in [0.5, 0.6) is 5.75 Å². The fraction of sp³-hybridized carbons (Fsp3) is 0.320. The molecule has 1 aromatic carbocycles. The number of carbonyl (C=O) groups is 3. The van der Waals surface area contributed by atoms with E-state index in [-0.39, 0.29) is 27.8 Å². The van der Waals surface area contributed by atoms with Gasteiger partial charge in [0.2, 0.25) is 5.91 Å². The number of allylic oxidation sites excluding steroid dienone is 1. The Morgan fingerprint density at radius 3 is 2.51 bits per heavy atom. The summed E-state index contributed by atoms with van der Waals surface area (Å²) in [6, 6.07) is 5.85. The molecule has 0 aliphatic heterocycles. The van der Waals surface area contributed by atoms with Crippen molar-refractivity contribution in [1.29, 1.82) is 0 Å². The minimum absolute atomic E-state index is 0.0156. The van der Waals surface area contributed by atoms with E-state index in [9.17, 15) is 14.4 Å². The molecule has 37 heavy (non-hydrogen) atoms. The van der Waals surface area contributed by atoms with E-state index in [1.165, 1.54) is 26.0 Å². The molecule has 12 heteroatoms. The number of hydrogen-bond donors (Lipinski definition) is 1. The van der Waals surface area contributed by atoms with Crippen LogP contribution in [0, 0.1) is 20.8 Å². The van der Waals surface area contributed by atoms with E-state index < -0.39 is 17.8 Å². The van der Waals surface area contributed by atoms with Gasteiger partial charge in [-0.05, 0) is 43.5 Å². The lowest BCUT2D eigenvalue weighted by atomic mass is 10.1. The SMILES string of the molecule is C=CCn1c(COc2cccc(C)c2C)nnc1SCC(=O)Nc1sc(C(=O)OC)c(C)c1C(=O)OC. The maximum absolute atomic E-state index is 12.8. The Kier molecular flexibility index (Phi) is 9.48. The number of amides is 1. The predicted octanol–water partition coefficient (Wildman–Crippen LogP) is 4.33. The molecule has 0 saturated carbocycles. The van der Waals surface area contributed by atoms with Gasteiger partial charge >= 0.3 is 11.9 Å². The van der Waals surface area contributed by atoms with Crippen LogP contribution in [0.2, 0.25) is 0 Å². The lowest BCUT2D eigenvalue weighted by Gasteiger charge is -2.12. The summed E-state index contributed by atoms with van der Waals surface area (Å²) in [7, 11) is 2.47. The summed E-state index contributed by atoms with van der Waals surface area (Å²) in [5.74, 6) is -0.317. The molecule has 3 rings (SSSR count). The van der Waals surface area contributed by atoms with E-state index in [1.807, 2.05) is 36.6 Å². The Bertz CT molecular complexity index is 1330. The van der Waals surface area contributed by atoms with Gasteiger partial charge in [-0.2, -0.15) is 0 Å². The number of aryl methyl sites for hydroxylation is 1. The summed E-state index contributed by atoms with van der Waals surface area (Å²) in [6.45, 7) is 10.0. The minimum Gasteiger partial charge on any atom is -0.485 e. The maximum Gasteiger partial charge on any atom is 0.348 e. The Morgan fingerprint density at radius 1 is 1.11 bits per heavy atom. The van der Waals surface area contributed by atoms with Gasteiger partial charge in [-0.1, -0.05) is 30.0 Å². The molecule has 3 aromatic rings. The molecule has 0 spiro atoms. The van der Waals surface area contributed by atoms with Crippen LogP contribution < -0.4 is 10.1 Å². The third-order valence-corrected chi connectivity index (χ3v) is 7.66. The number of rotatable bonds is 11. The van der Waals surface area contributed by atoms with Crippen molar-refractivity contribution in [3.8, 4) is 5.75 Å². The Balaban J connectivity index is 1.72. The van der Waals surface area contributed by atoms with E-state index in [1.54, 1.807) is 13.0 Å². The van der Waals surface area contributed by atoms with Crippen molar-refractivity contribution in [3.05, 3.63) is 63.8 Å². The number of esters is 2. The Morgan fingerprint density at radius 2 is 1.84 bits per heavy atom. The van der Waals surface area contributed by atoms with Crippen LogP contribution in [-0.4, -0.2) is 52.6 Å². The lowest BCUT2D eigenvalue weighted by molar-refractivity contribution is -0.113. The Labute approximate surface area is 223 Å². The quantitative estimate of drug-likeness (QED) is 0.213. The molecule has 2 heterocycles. The van der Waals surface area contributed by atoms with Gasteiger partial charge in [-0.25, -0.2) is 9.59 Å². The highest BCUT2D eigenvalue weighted by atomic mass is 32.2. The third-order valence-electron chi connectivity index (χ3n) is 5.51. The second-order valence-electron chi connectivity index (χ2n) is 7.87. The molecule has 1 amide bonds. The van der Waals surface area contributed by atoms with Crippen molar-refractivity contribution in [2.24, 2.45) is 0 Å². The van der Waals surface area contributed by atoms with Crippen molar-refractivity contribution < 1.29 is 28.6 Å². The summed E-state index contributed by atoms with van der Waals surface area (Å²) in [5.41, 5.74) is 2.68. The van der Waals surface area contributed by atoms with Gasteiger partial charge in [0.1, 0.15) is 22.2 Å². The van der Waals surface area contributed by atoms with Gasteiger partial charge < -0.3 is 19.5 Å². The summed E-state index contributed by atoms with van der Waals surface area (Å²) in [5, 5.41) is 11.9. The average molecular weight is 545 g/mol. The third kappa shape index (κ3) is 6.38. The lowest BCUT2D eigenvalue weighted by Crippen LogP contribution is -2.16. The number of aromatic nitrogens is 3. The monoisotopic (exact) mass is 544 g/mol. The zero-order valence-electron chi connectivity index (χ0n) is 21.2. The molecular weight excluding hydrogens is 516 g/mol. The van der Waals surface area contributed by atoms with Crippen molar-refractivity contribution >= 4 is 45.9 Å². The summed E-state index contributed by atoms with van der Waals surface area (Å²) in [4.78, 5) is 37.3. The number of hydrogen-bond acceptors (Lipinski definition) is 10. The summed E-state index contributed by atoms with van der Waals surface area (Å²) >= 11 is 2.13. The molecule has 2 aromatic heterocycles. The number of nitrogens with one attached hydrogen (secondary N) is 1. The number of carbonyl (C=O) groups excluding carboxylic acids is 3. The first-order valence-corrected chi connectivity index (χ1v) is 13.0.